The van der Waals surface area contributed by atoms with Gasteiger partial charge in [-0.05, 0) is 69.6 Å². The molecule has 1 aliphatic rings. The summed E-state index contributed by atoms with van der Waals surface area (Å²) >= 11 is 0. The molecule has 0 aliphatic carbocycles. The van der Waals surface area contributed by atoms with Crippen LogP contribution in [0.2, 0.25) is 0 Å². The Balaban J connectivity index is 1.68. The number of sulfonamides is 1. The number of piperidine rings is 1. The maximum atomic E-state index is 12.8. The van der Waals surface area contributed by atoms with Crippen molar-refractivity contribution in [3.05, 3.63) is 30.1 Å². The minimum atomic E-state index is -3.51. The second kappa shape index (κ2) is 7.87. The van der Waals surface area contributed by atoms with Crippen molar-refractivity contribution in [2.24, 2.45) is 0 Å². The lowest BCUT2D eigenvalue weighted by molar-refractivity contribution is 0.225. The van der Waals surface area contributed by atoms with E-state index in [1.54, 1.807) is 0 Å². The predicted octanol–water partition coefficient (Wildman–Crippen LogP) is 2.37. The molecule has 1 fully saturated rings. The number of rotatable bonds is 7. The number of hydrogen-bond donors (Lipinski definition) is 1. The molecule has 118 valence electrons. The Labute approximate surface area is 126 Å². The molecule has 6 heteroatoms. The fourth-order valence-corrected chi connectivity index (χ4v) is 3.62. The van der Waals surface area contributed by atoms with Gasteiger partial charge in [0.2, 0.25) is 10.0 Å². The molecule has 0 saturated carbocycles. The Morgan fingerprint density at radius 1 is 1.05 bits per heavy atom. The summed E-state index contributed by atoms with van der Waals surface area (Å²) in [5.41, 5.74) is 0. The Hall–Kier alpha value is -0.980. The SMILES string of the molecule is O=S(=O)(NCCCCN1CCCCC1)c1ccc(F)cc1. The van der Waals surface area contributed by atoms with Crippen molar-refractivity contribution in [3.63, 3.8) is 0 Å². The van der Waals surface area contributed by atoms with Crippen molar-refractivity contribution in [1.29, 1.82) is 0 Å². The quantitative estimate of drug-likeness (QED) is 0.786. The average molecular weight is 314 g/mol. The standard InChI is InChI=1S/C15H23FN2O2S/c16-14-6-8-15(9-7-14)21(19,20)17-10-2-5-13-18-11-3-1-4-12-18/h6-9,17H,1-5,10-13H2. The zero-order valence-corrected chi connectivity index (χ0v) is 13.0. The van der Waals surface area contributed by atoms with Gasteiger partial charge in [0.25, 0.3) is 0 Å². The summed E-state index contributed by atoms with van der Waals surface area (Å²) in [7, 11) is -3.51. The highest BCUT2D eigenvalue weighted by Crippen LogP contribution is 2.11. The molecule has 0 aromatic heterocycles. The van der Waals surface area contributed by atoms with Crippen molar-refractivity contribution in [2.45, 2.75) is 37.0 Å². The first-order chi connectivity index (χ1) is 10.1. The lowest BCUT2D eigenvalue weighted by Crippen LogP contribution is -2.31. The van der Waals surface area contributed by atoms with Crippen LogP contribution in [0.15, 0.2) is 29.2 Å². The van der Waals surface area contributed by atoms with Gasteiger partial charge in [0.05, 0.1) is 4.90 Å². The number of unbranched alkanes of at least 4 members (excludes halogenated alkanes) is 1. The third-order valence-corrected chi connectivity index (χ3v) is 5.24. The Morgan fingerprint density at radius 2 is 1.71 bits per heavy atom. The zero-order valence-electron chi connectivity index (χ0n) is 12.2. The number of nitrogens with zero attached hydrogens (tertiary/aromatic N) is 1. The first kappa shape index (κ1) is 16.4. The van der Waals surface area contributed by atoms with Gasteiger partial charge in [-0.1, -0.05) is 6.42 Å². The van der Waals surface area contributed by atoms with Gasteiger partial charge in [0.1, 0.15) is 5.82 Å². The molecule has 0 unspecified atom stereocenters. The molecule has 1 N–H and O–H groups in total. The summed E-state index contributed by atoms with van der Waals surface area (Å²) in [6, 6.07) is 4.88. The van der Waals surface area contributed by atoms with Gasteiger partial charge in [0, 0.05) is 6.54 Å². The van der Waals surface area contributed by atoms with E-state index in [9.17, 15) is 12.8 Å². The van der Waals surface area contributed by atoms with Crippen molar-refractivity contribution < 1.29 is 12.8 Å². The van der Waals surface area contributed by atoms with Crippen LogP contribution in [0, 0.1) is 5.82 Å². The minimum Gasteiger partial charge on any atom is -0.303 e. The molecule has 0 amide bonds. The van der Waals surface area contributed by atoms with Gasteiger partial charge in [-0.3, -0.25) is 0 Å². The van der Waals surface area contributed by atoms with Crippen molar-refractivity contribution in [2.75, 3.05) is 26.2 Å². The van der Waals surface area contributed by atoms with E-state index in [4.69, 9.17) is 0 Å². The molecule has 2 rings (SSSR count). The highest BCUT2D eigenvalue weighted by molar-refractivity contribution is 7.89. The van der Waals surface area contributed by atoms with E-state index in [0.717, 1.165) is 31.5 Å². The van der Waals surface area contributed by atoms with E-state index in [0.29, 0.717) is 6.54 Å². The molecule has 21 heavy (non-hydrogen) atoms. The molecule has 0 atom stereocenters. The molecule has 0 radical (unpaired) electrons. The Kier molecular flexibility index (Phi) is 6.14. The van der Waals surface area contributed by atoms with Crippen LogP contribution >= 0.6 is 0 Å². The van der Waals surface area contributed by atoms with Crippen molar-refractivity contribution >= 4 is 10.0 Å². The summed E-state index contributed by atoms with van der Waals surface area (Å²) in [5, 5.41) is 0. The van der Waals surface area contributed by atoms with Gasteiger partial charge in [-0.2, -0.15) is 0 Å². The van der Waals surface area contributed by atoms with Crippen LogP contribution in [0.4, 0.5) is 4.39 Å². The van der Waals surface area contributed by atoms with Crippen LogP contribution in [-0.2, 0) is 10.0 Å². The fraction of sp³-hybridized carbons (Fsp3) is 0.600. The largest absolute Gasteiger partial charge is 0.303 e. The van der Waals surface area contributed by atoms with Gasteiger partial charge in [-0.15, -0.1) is 0 Å². The van der Waals surface area contributed by atoms with Gasteiger partial charge in [0.15, 0.2) is 0 Å². The highest BCUT2D eigenvalue weighted by Gasteiger charge is 2.13. The average Bonchev–Trinajstić information content (AvgIpc) is 2.48. The first-order valence-corrected chi connectivity index (χ1v) is 9.04. The molecule has 4 nitrogen and oxygen atoms in total. The number of nitrogens with one attached hydrogen (secondary N) is 1. The molecule has 0 bridgehead atoms. The van der Waals surface area contributed by atoms with E-state index in [1.807, 2.05) is 0 Å². The van der Waals surface area contributed by atoms with Crippen LogP contribution < -0.4 is 4.72 Å². The number of halogens is 1. The van der Waals surface area contributed by atoms with Gasteiger partial charge in [-0.25, -0.2) is 17.5 Å². The highest BCUT2D eigenvalue weighted by atomic mass is 32.2. The summed E-state index contributed by atoms with van der Waals surface area (Å²) in [6.45, 7) is 3.80. The third kappa shape index (κ3) is 5.37. The number of hydrogen-bond acceptors (Lipinski definition) is 3. The molecule has 1 aliphatic heterocycles. The second-order valence-electron chi connectivity index (χ2n) is 5.46. The van der Waals surface area contributed by atoms with E-state index in [-0.39, 0.29) is 4.90 Å². The fourth-order valence-electron chi connectivity index (χ4n) is 2.55. The molecular weight excluding hydrogens is 291 g/mol. The van der Waals surface area contributed by atoms with Crippen LogP contribution in [-0.4, -0.2) is 39.5 Å². The molecule has 1 aromatic carbocycles. The van der Waals surface area contributed by atoms with Crippen LogP contribution in [0.25, 0.3) is 0 Å². The van der Waals surface area contributed by atoms with Crippen LogP contribution in [0.1, 0.15) is 32.1 Å². The smallest absolute Gasteiger partial charge is 0.240 e. The maximum absolute atomic E-state index is 12.8. The zero-order chi connectivity index (χ0) is 15.1. The molecular formula is C15H23FN2O2S. The first-order valence-electron chi connectivity index (χ1n) is 7.55. The lowest BCUT2D eigenvalue weighted by Gasteiger charge is -2.26. The Morgan fingerprint density at radius 3 is 2.38 bits per heavy atom. The molecule has 1 heterocycles. The summed E-state index contributed by atoms with van der Waals surface area (Å²) in [5.74, 6) is -0.435. The topological polar surface area (TPSA) is 49.4 Å². The number of benzene rings is 1. The van der Waals surface area contributed by atoms with Crippen molar-refractivity contribution in [1.82, 2.24) is 9.62 Å². The predicted molar refractivity (Wildman–Crippen MR) is 81.1 cm³/mol. The summed E-state index contributed by atoms with van der Waals surface area (Å²) < 4.78 is 39.3. The summed E-state index contributed by atoms with van der Waals surface area (Å²) in [4.78, 5) is 2.55. The number of likely N-dealkylation sites (tertiary alicyclic amines) is 1. The monoisotopic (exact) mass is 314 g/mol. The normalized spacial score (nSPS) is 17.0. The minimum absolute atomic E-state index is 0.111. The van der Waals surface area contributed by atoms with E-state index in [1.165, 1.54) is 44.5 Å². The van der Waals surface area contributed by atoms with Gasteiger partial charge < -0.3 is 4.90 Å². The molecule has 1 aromatic rings. The lowest BCUT2D eigenvalue weighted by atomic mass is 10.1. The molecule has 1 saturated heterocycles. The van der Waals surface area contributed by atoms with Crippen LogP contribution in [0.3, 0.4) is 0 Å². The summed E-state index contributed by atoms with van der Waals surface area (Å²) in [6.07, 6.45) is 5.69. The Bertz CT molecular complexity index is 525. The third-order valence-electron chi connectivity index (χ3n) is 3.77. The van der Waals surface area contributed by atoms with Crippen molar-refractivity contribution in [3.8, 4) is 0 Å². The van der Waals surface area contributed by atoms with E-state index in [2.05, 4.69) is 9.62 Å². The molecule has 0 spiro atoms. The maximum Gasteiger partial charge on any atom is 0.240 e. The van der Waals surface area contributed by atoms with E-state index < -0.39 is 15.8 Å². The second-order valence-corrected chi connectivity index (χ2v) is 7.23. The van der Waals surface area contributed by atoms with E-state index >= 15 is 0 Å². The van der Waals surface area contributed by atoms with Gasteiger partial charge >= 0.3 is 0 Å². The van der Waals surface area contributed by atoms with Crippen LogP contribution in [0.5, 0.6) is 0 Å².